The van der Waals surface area contributed by atoms with E-state index in [-0.39, 0.29) is 11.7 Å². The van der Waals surface area contributed by atoms with Crippen molar-refractivity contribution < 1.29 is 4.92 Å². The molecule has 0 aliphatic rings. The molecule has 106 valence electrons. The maximum absolute atomic E-state index is 11.3. The molecule has 3 rings (SSSR count). The number of thiophene rings is 1. The first-order valence-corrected chi connectivity index (χ1v) is 7.37. The van der Waals surface area contributed by atoms with Crippen molar-refractivity contribution in [1.29, 1.82) is 0 Å². The Kier molecular flexibility index (Phi) is 3.53. The van der Waals surface area contributed by atoms with Gasteiger partial charge < -0.3 is 5.32 Å². The summed E-state index contributed by atoms with van der Waals surface area (Å²) in [5, 5.41) is 17.3. The van der Waals surface area contributed by atoms with E-state index in [1.54, 1.807) is 11.3 Å². The largest absolute Gasteiger partial charge is 0.372 e. The SMILES string of the molecule is CC(Nc1c([N+](=O)[O-])cnc2ccccc12)c1cccs1. The number of fused-ring (bicyclic) bond motifs is 1. The first-order valence-electron chi connectivity index (χ1n) is 6.49. The van der Waals surface area contributed by atoms with Gasteiger partial charge in [-0.2, -0.15) is 0 Å². The molecule has 2 aromatic heterocycles. The Morgan fingerprint density at radius 3 is 2.81 bits per heavy atom. The number of nitrogens with zero attached hydrogens (tertiary/aromatic N) is 2. The average Bonchev–Trinajstić information content (AvgIpc) is 3.01. The zero-order chi connectivity index (χ0) is 14.8. The van der Waals surface area contributed by atoms with Gasteiger partial charge in [0.05, 0.1) is 16.5 Å². The van der Waals surface area contributed by atoms with Gasteiger partial charge in [0, 0.05) is 10.3 Å². The number of nitrogens with one attached hydrogen (secondary N) is 1. The third-order valence-corrected chi connectivity index (χ3v) is 4.34. The molecule has 0 saturated carbocycles. The Hall–Kier alpha value is -2.47. The molecule has 0 spiro atoms. The van der Waals surface area contributed by atoms with Gasteiger partial charge >= 0.3 is 5.69 Å². The molecule has 5 nitrogen and oxygen atoms in total. The van der Waals surface area contributed by atoms with E-state index >= 15 is 0 Å². The highest BCUT2D eigenvalue weighted by Crippen LogP contribution is 2.34. The van der Waals surface area contributed by atoms with Crippen molar-refractivity contribution in [2.24, 2.45) is 0 Å². The second-order valence-electron chi connectivity index (χ2n) is 4.67. The van der Waals surface area contributed by atoms with Crippen molar-refractivity contribution in [2.45, 2.75) is 13.0 Å². The van der Waals surface area contributed by atoms with Gasteiger partial charge in [-0.05, 0) is 24.4 Å². The minimum absolute atomic E-state index is 0.00268. The topological polar surface area (TPSA) is 68.1 Å². The molecule has 0 saturated heterocycles. The summed E-state index contributed by atoms with van der Waals surface area (Å²) < 4.78 is 0. The molecule has 21 heavy (non-hydrogen) atoms. The summed E-state index contributed by atoms with van der Waals surface area (Å²) in [7, 11) is 0. The Bertz CT molecular complexity index is 787. The number of hydrogen-bond acceptors (Lipinski definition) is 5. The average molecular weight is 299 g/mol. The number of benzene rings is 1. The predicted octanol–water partition coefficient (Wildman–Crippen LogP) is 4.38. The predicted molar refractivity (Wildman–Crippen MR) is 84.8 cm³/mol. The highest BCUT2D eigenvalue weighted by Gasteiger charge is 2.20. The van der Waals surface area contributed by atoms with Gasteiger partial charge in [0.25, 0.3) is 0 Å². The van der Waals surface area contributed by atoms with Gasteiger partial charge in [0.1, 0.15) is 11.9 Å². The summed E-state index contributed by atoms with van der Waals surface area (Å²) in [6.07, 6.45) is 1.31. The molecule has 0 aliphatic carbocycles. The monoisotopic (exact) mass is 299 g/mol. The number of nitro groups is 1. The standard InChI is InChI=1S/C15H13N3O2S/c1-10(14-7-4-8-21-14)17-15-11-5-2-3-6-12(11)16-9-13(15)18(19)20/h2-10H,1H3,(H,16,17). The van der Waals surface area contributed by atoms with Gasteiger partial charge in [-0.25, -0.2) is 4.98 Å². The summed E-state index contributed by atoms with van der Waals surface area (Å²) in [5.41, 5.74) is 1.26. The second-order valence-corrected chi connectivity index (χ2v) is 5.65. The van der Waals surface area contributed by atoms with Crippen LogP contribution in [0.1, 0.15) is 17.8 Å². The van der Waals surface area contributed by atoms with Crippen LogP contribution in [0.3, 0.4) is 0 Å². The fraction of sp³-hybridized carbons (Fsp3) is 0.133. The molecule has 0 amide bonds. The summed E-state index contributed by atoms with van der Waals surface area (Å²) in [6, 6.07) is 11.4. The van der Waals surface area contributed by atoms with Crippen LogP contribution in [0.4, 0.5) is 11.4 Å². The van der Waals surface area contributed by atoms with Crippen molar-refractivity contribution in [3.63, 3.8) is 0 Å². The van der Waals surface area contributed by atoms with Crippen LogP contribution in [0.15, 0.2) is 48.0 Å². The van der Waals surface area contributed by atoms with E-state index in [0.29, 0.717) is 5.69 Å². The first-order chi connectivity index (χ1) is 10.2. The number of hydrogen-bond donors (Lipinski definition) is 1. The molecule has 2 heterocycles. The third-order valence-electron chi connectivity index (χ3n) is 3.28. The molecule has 0 fully saturated rings. The maximum atomic E-state index is 11.3. The Morgan fingerprint density at radius 2 is 2.10 bits per heavy atom. The van der Waals surface area contributed by atoms with E-state index in [2.05, 4.69) is 10.3 Å². The summed E-state index contributed by atoms with van der Waals surface area (Å²) in [6.45, 7) is 1.99. The third kappa shape index (κ3) is 2.57. The highest BCUT2D eigenvalue weighted by molar-refractivity contribution is 7.10. The normalized spacial score (nSPS) is 12.2. The minimum atomic E-state index is -0.400. The zero-order valence-corrected chi connectivity index (χ0v) is 12.1. The Balaban J connectivity index is 2.10. The second kappa shape index (κ2) is 5.49. The van der Waals surface area contributed by atoms with Crippen molar-refractivity contribution in [3.05, 3.63) is 63.0 Å². The van der Waals surface area contributed by atoms with E-state index in [0.717, 1.165) is 15.8 Å². The maximum Gasteiger partial charge on any atom is 0.311 e. The number of para-hydroxylation sites is 1. The van der Waals surface area contributed by atoms with E-state index in [9.17, 15) is 10.1 Å². The number of aromatic nitrogens is 1. The molecule has 0 bridgehead atoms. The van der Waals surface area contributed by atoms with Crippen LogP contribution in [0.25, 0.3) is 10.9 Å². The molecule has 6 heteroatoms. The number of rotatable bonds is 4. The van der Waals surface area contributed by atoms with Crippen molar-refractivity contribution in [3.8, 4) is 0 Å². The van der Waals surface area contributed by atoms with Crippen LogP contribution in [-0.2, 0) is 0 Å². The van der Waals surface area contributed by atoms with Crippen LogP contribution in [0.5, 0.6) is 0 Å². The molecular formula is C15H13N3O2S. The van der Waals surface area contributed by atoms with Gasteiger partial charge in [0.15, 0.2) is 0 Å². The lowest BCUT2D eigenvalue weighted by Gasteiger charge is -2.15. The van der Waals surface area contributed by atoms with Crippen LogP contribution in [0.2, 0.25) is 0 Å². The quantitative estimate of drug-likeness (QED) is 0.573. The van der Waals surface area contributed by atoms with E-state index in [4.69, 9.17) is 0 Å². The van der Waals surface area contributed by atoms with E-state index < -0.39 is 4.92 Å². The molecule has 1 atom stereocenters. The van der Waals surface area contributed by atoms with Crippen molar-refractivity contribution >= 4 is 33.6 Å². The number of anilines is 1. The molecule has 0 radical (unpaired) electrons. The smallest absolute Gasteiger partial charge is 0.311 e. The molecular weight excluding hydrogens is 286 g/mol. The summed E-state index contributed by atoms with van der Waals surface area (Å²) >= 11 is 1.62. The number of pyridine rings is 1. The Labute approximate surface area is 125 Å². The van der Waals surface area contributed by atoms with E-state index in [1.165, 1.54) is 6.20 Å². The summed E-state index contributed by atoms with van der Waals surface area (Å²) in [4.78, 5) is 16.1. The van der Waals surface area contributed by atoms with Gasteiger partial charge in [-0.3, -0.25) is 10.1 Å². The minimum Gasteiger partial charge on any atom is -0.372 e. The van der Waals surface area contributed by atoms with Crippen LogP contribution >= 0.6 is 11.3 Å². The van der Waals surface area contributed by atoms with E-state index in [1.807, 2.05) is 48.7 Å². The van der Waals surface area contributed by atoms with Gasteiger partial charge in [0.2, 0.25) is 0 Å². The summed E-state index contributed by atoms with van der Waals surface area (Å²) in [5.74, 6) is 0. The van der Waals surface area contributed by atoms with Gasteiger partial charge in [-0.1, -0.05) is 24.3 Å². The lowest BCUT2D eigenvalue weighted by molar-refractivity contribution is -0.384. The highest BCUT2D eigenvalue weighted by atomic mass is 32.1. The molecule has 1 N–H and O–H groups in total. The zero-order valence-electron chi connectivity index (χ0n) is 11.3. The van der Waals surface area contributed by atoms with Crippen molar-refractivity contribution in [1.82, 2.24) is 4.98 Å². The molecule has 1 unspecified atom stereocenters. The molecule has 0 aliphatic heterocycles. The molecule has 3 aromatic rings. The Morgan fingerprint density at radius 1 is 1.29 bits per heavy atom. The van der Waals surface area contributed by atoms with Crippen LogP contribution < -0.4 is 5.32 Å². The van der Waals surface area contributed by atoms with Gasteiger partial charge in [-0.15, -0.1) is 11.3 Å². The molecule has 1 aromatic carbocycles. The first kappa shape index (κ1) is 13.5. The fourth-order valence-corrected chi connectivity index (χ4v) is 2.98. The lowest BCUT2D eigenvalue weighted by atomic mass is 10.1. The fourth-order valence-electron chi connectivity index (χ4n) is 2.25. The lowest BCUT2D eigenvalue weighted by Crippen LogP contribution is -2.08. The van der Waals surface area contributed by atoms with Crippen molar-refractivity contribution in [2.75, 3.05) is 5.32 Å². The van der Waals surface area contributed by atoms with Crippen LogP contribution in [-0.4, -0.2) is 9.91 Å². The van der Waals surface area contributed by atoms with Crippen LogP contribution in [0, 0.1) is 10.1 Å².